The number of methoxy groups -OCH3 is 1. The van der Waals surface area contributed by atoms with Crippen LogP contribution in [0.2, 0.25) is 0 Å². The molecule has 0 saturated heterocycles. The molecule has 0 spiro atoms. The van der Waals surface area contributed by atoms with Crippen molar-refractivity contribution in [3.8, 4) is 11.3 Å². The Morgan fingerprint density at radius 2 is 2.00 bits per heavy atom. The van der Waals surface area contributed by atoms with Gasteiger partial charge in [-0.1, -0.05) is 12.1 Å². The lowest BCUT2D eigenvalue weighted by atomic mass is 10.1. The van der Waals surface area contributed by atoms with Crippen molar-refractivity contribution >= 4 is 21.4 Å². The van der Waals surface area contributed by atoms with E-state index in [0.29, 0.717) is 16.9 Å². The van der Waals surface area contributed by atoms with E-state index in [1.54, 1.807) is 30.3 Å². The molecule has 1 heterocycles. The third-order valence-electron chi connectivity index (χ3n) is 2.74. The molecule has 1 N–H and O–H groups in total. The number of amides is 1. The lowest BCUT2D eigenvalue weighted by molar-refractivity contribution is -0.119. The van der Waals surface area contributed by atoms with E-state index in [1.807, 2.05) is 0 Å². The van der Waals surface area contributed by atoms with Crippen molar-refractivity contribution in [2.24, 2.45) is 0 Å². The average molecular weight is 321 g/mol. The summed E-state index contributed by atoms with van der Waals surface area (Å²) in [5.41, 5.74) is 1.81. The summed E-state index contributed by atoms with van der Waals surface area (Å²) >= 11 is 0. The number of rotatable bonds is 5. The van der Waals surface area contributed by atoms with Crippen LogP contribution in [0, 0.1) is 0 Å². The van der Waals surface area contributed by atoms with Gasteiger partial charge in [0.2, 0.25) is 5.91 Å². The summed E-state index contributed by atoms with van der Waals surface area (Å²) in [6.45, 7) is -0.0346. The van der Waals surface area contributed by atoms with Gasteiger partial charge >= 0.3 is 0 Å². The number of hydrogen-bond donors (Lipinski definition) is 1. The molecule has 0 aliphatic heterocycles. The number of benzene rings is 1. The second-order valence-corrected chi connectivity index (χ2v) is 6.55. The van der Waals surface area contributed by atoms with E-state index in [-0.39, 0.29) is 17.5 Å². The first-order chi connectivity index (χ1) is 10.4. The topological polar surface area (TPSA) is 98.2 Å². The molecule has 0 atom stereocenters. The lowest BCUT2D eigenvalue weighted by Gasteiger charge is -2.07. The summed E-state index contributed by atoms with van der Waals surface area (Å²) in [7, 11) is -1.94. The highest BCUT2D eigenvalue weighted by molar-refractivity contribution is 7.90. The smallest absolute Gasteiger partial charge is 0.250 e. The highest BCUT2D eigenvalue weighted by Gasteiger charge is 2.10. The molecule has 1 amide bonds. The number of anilines is 1. The van der Waals surface area contributed by atoms with E-state index in [0.717, 1.165) is 6.26 Å². The summed E-state index contributed by atoms with van der Waals surface area (Å²) < 4.78 is 27.5. The maximum Gasteiger partial charge on any atom is 0.250 e. The SMILES string of the molecule is COCC(=O)Nc1cccc(-c2ccc(S(C)(=O)=O)nn2)c1. The first-order valence-electron chi connectivity index (χ1n) is 6.33. The van der Waals surface area contributed by atoms with Crippen LogP contribution in [0.4, 0.5) is 5.69 Å². The molecule has 116 valence electrons. The molecule has 7 nitrogen and oxygen atoms in total. The van der Waals surface area contributed by atoms with Gasteiger partial charge in [-0.2, -0.15) is 0 Å². The number of carbonyl (C=O) groups is 1. The molecule has 0 saturated carbocycles. The number of nitrogens with one attached hydrogen (secondary N) is 1. The van der Waals surface area contributed by atoms with Crippen LogP contribution < -0.4 is 5.32 Å². The standard InChI is InChI=1S/C14H15N3O4S/c1-21-9-13(18)15-11-5-3-4-10(8-11)12-6-7-14(17-16-12)22(2,19)20/h3-8H,9H2,1-2H3,(H,15,18). The number of sulfone groups is 1. The number of carbonyl (C=O) groups excluding carboxylic acids is 1. The molecule has 1 aromatic carbocycles. The first kappa shape index (κ1) is 16.1. The molecule has 0 aliphatic carbocycles. The Bertz CT molecular complexity index is 773. The summed E-state index contributed by atoms with van der Waals surface area (Å²) in [4.78, 5) is 11.5. The fourth-order valence-corrected chi connectivity index (χ4v) is 2.26. The van der Waals surface area contributed by atoms with Crippen molar-refractivity contribution in [3.63, 3.8) is 0 Å². The summed E-state index contributed by atoms with van der Waals surface area (Å²) in [5, 5.41) is 10.2. The normalized spacial score (nSPS) is 11.2. The van der Waals surface area contributed by atoms with Crippen molar-refractivity contribution in [1.82, 2.24) is 10.2 Å². The van der Waals surface area contributed by atoms with E-state index in [1.165, 1.54) is 13.2 Å². The van der Waals surface area contributed by atoms with Gasteiger partial charge in [0.05, 0.1) is 5.69 Å². The van der Waals surface area contributed by atoms with Gasteiger partial charge in [-0.3, -0.25) is 4.79 Å². The Balaban J connectivity index is 2.24. The van der Waals surface area contributed by atoms with E-state index in [9.17, 15) is 13.2 Å². The van der Waals surface area contributed by atoms with Crippen molar-refractivity contribution in [3.05, 3.63) is 36.4 Å². The summed E-state index contributed by atoms with van der Waals surface area (Å²) in [6.07, 6.45) is 1.07. The highest BCUT2D eigenvalue weighted by Crippen LogP contribution is 2.21. The predicted molar refractivity (Wildman–Crippen MR) is 81.1 cm³/mol. The molecule has 0 radical (unpaired) electrons. The highest BCUT2D eigenvalue weighted by atomic mass is 32.2. The third-order valence-corrected chi connectivity index (χ3v) is 3.72. The van der Waals surface area contributed by atoms with Crippen LogP contribution in [0.3, 0.4) is 0 Å². The van der Waals surface area contributed by atoms with Gasteiger partial charge in [-0.05, 0) is 24.3 Å². The molecule has 0 fully saturated rings. The van der Waals surface area contributed by atoms with Gasteiger partial charge in [-0.25, -0.2) is 8.42 Å². The van der Waals surface area contributed by atoms with Gasteiger partial charge in [0.1, 0.15) is 6.61 Å². The second kappa shape index (κ2) is 6.63. The van der Waals surface area contributed by atoms with Crippen LogP contribution in [-0.4, -0.2) is 44.5 Å². The molecule has 2 aromatic rings. The van der Waals surface area contributed by atoms with Gasteiger partial charge in [0.15, 0.2) is 14.9 Å². The fourth-order valence-electron chi connectivity index (χ4n) is 1.76. The monoisotopic (exact) mass is 321 g/mol. The van der Waals surface area contributed by atoms with E-state index >= 15 is 0 Å². The molecule has 8 heteroatoms. The van der Waals surface area contributed by atoms with Gasteiger partial charge in [-0.15, -0.1) is 10.2 Å². The van der Waals surface area contributed by atoms with Crippen LogP contribution >= 0.6 is 0 Å². The minimum atomic E-state index is -3.38. The predicted octanol–water partition coefficient (Wildman–Crippen LogP) is 1.13. The Labute approximate surface area is 128 Å². The molecule has 0 unspecified atom stereocenters. The average Bonchev–Trinajstić information content (AvgIpc) is 2.47. The maximum absolute atomic E-state index is 11.5. The molecule has 0 bridgehead atoms. The zero-order valence-corrected chi connectivity index (χ0v) is 12.9. The Hall–Kier alpha value is -2.32. The number of nitrogens with zero attached hydrogens (tertiary/aromatic N) is 2. The molecule has 0 aliphatic rings. The minimum absolute atomic E-state index is 0.0346. The minimum Gasteiger partial charge on any atom is -0.375 e. The molecule has 2 rings (SSSR count). The molecule has 1 aromatic heterocycles. The Morgan fingerprint density at radius 3 is 2.59 bits per heavy atom. The fraction of sp³-hybridized carbons (Fsp3) is 0.214. The quantitative estimate of drug-likeness (QED) is 0.886. The van der Waals surface area contributed by atoms with Crippen molar-refractivity contribution in [2.75, 3.05) is 25.3 Å². The Kier molecular flexibility index (Phi) is 4.84. The summed E-state index contributed by atoms with van der Waals surface area (Å²) in [5.74, 6) is -0.266. The Morgan fingerprint density at radius 1 is 1.23 bits per heavy atom. The van der Waals surface area contributed by atoms with Gasteiger partial charge in [0.25, 0.3) is 0 Å². The van der Waals surface area contributed by atoms with Crippen LogP contribution in [0.15, 0.2) is 41.4 Å². The van der Waals surface area contributed by atoms with Gasteiger partial charge in [0, 0.05) is 24.6 Å². The molecular formula is C14H15N3O4S. The third kappa shape index (κ3) is 4.09. The number of ether oxygens (including phenoxy) is 1. The largest absolute Gasteiger partial charge is 0.375 e. The van der Waals surface area contributed by atoms with Crippen LogP contribution in [-0.2, 0) is 19.4 Å². The summed E-state index contributed by atoms with van der Waals surface area (Å²) in [6, 6.07) is 9.96. The zero-order valence-electron chi connectivity index (χ0n) is 12.1. The van der Waals surface area contributed by atoms with Crippen LogP contribution in [0.1, 0.15) is 0 Å². The van der Waals surface area contributed by atoms with Crippen LogP contribution in [0.5, 0.6) is 0 Å². The first-order valence-corrected chi connectivity index (χ1v) is 8.22. The molecule has 22 heavy (non-hydrogen) atoms. The van der Waals surface area contributed by atoms with Crippen molar-refractivity contribution in [1.29, 1.82) is 0 Å². The van der Waals surface area contributed by atoms with Crippen molar-refractivity contribution in [2.45, 2.75) is 5.03 Å². The van der Waals surface area contributed by atoms with E-state index < -0.39 is 9.84 Å². The van der Waals surface area contributed by atoms with Gasteiger partial charge < -0.3 is 10.1 Å². The lowest BCUT2D eigenvalue weighted by Crippen LogP contribution is -2.17. The number of hydrogen-bond acceptors (Lipinski definition) is 6. The van der Waals surface area contributed by atoms with E-state index in [2.05, 4.69) is 15.5 Å². The number of aromatic nitrogens is 2. The van der Waals surface area contributed by atoms with E-state index in [4.69, 9.17) is 4.74 Å². The maximum atomic E-state index is 11.5. The van der Waals surface area contributed by atoms with Crippen molar-refractivity contribution < 1.29 is 17.9 Å². The molecular weight excluding hydrogens is 306 g/mol. The van der Waals surface area contributed by atoms with Crippen LogP contribution in [0.25, 0.3) is 11.3 Å². The second-order valence-electron chi connectivity index (χ2n) is 4.59. The zero-order chi connectivity index (χ0) is 16.2.